The van der Waals surface area contributed by atoms with Crippen LogP contribution in [-0.4, -0.2) is 0 Å². The third-order valence-corrected chi connectivity index (χ3v) is 4.26. The van der Waals surface area contributed by atoms with Gasteiger partial charge in [0.25, 0.3) is 0 Å². The topological polar surface area (TPSA) is 26.0 Å². The van der Waals surface area contributed by atoms with E-state index in [0.29, 0.717) is 4.47 Å². The van der Waals surface area contributed by atoms with Gasteiger partial charge in [0.2, 0.25) is 0 Å². The van der Waals surface area contributed by atoms with Crippen LogP contribution in [-0.2, 0) is 6.18 Å². The average molecular weight is 383 g/mol. The standard InChI is InChI=1S/C14H9BrClF4N/c15-10-6-5-8(12(17)11(10)16)13(21)7-3-1-2-4-9(7)14(18,19)20/h1-6,13H,21H2. The second-order valence-electron chi connectivity index (χ2n) is 4.33. The van der Waals surface area contributed by atoms with E-state index < -0.39 is 23.6 Å². The molecule has 0 saturated carbocycles. The Hall–Kier alpha value is -1.11. The Kier molecular flexibility index (Phi) is 4.60. The fraction of sp³-hybridized carbons (Fsp3) is 0.143. The van der Waals surface area contributed by atoms with E-state index in [0.717, 1.165) is 6.07 Å². The van der Waals surface area contributed by atoms with Crippen molar-refractivity contribution in [1.82, 2.24) is 0 Å². The monoisotopic (exact) mass is 381 g/mol. The molecule has 21 heavy (non-hydrogen) atoms. The molecule has 0 aromatic heterocycles. The summed E-state index contributed by atoms with van der Waals surface area (Å²) in [6.07, 6.45) is -4.57. The van der Waals surface area contributed by atoms with Crippen LogP contribution in [0, 0.1) is 5.82 Å². The van der Waals surface area contributed by atoms with E-state index in [9.17, 15) is 17.6 Å². The van der Waals surface area contributed by atoms with Crippen LogP contribution in [0.2, 0.25) is 5.02 Å². The SMILES string of the molecule is NC(c1ccccc1C(F)(F)F)c1ccc(Br)c(Cl)c1F. The molecule has 2 N–H and O–H groups in total. The van der Waals surface area contributed by atoms with E-state index in [1.54, 1.807) is 0 Å². The first-order chi connectivity index (χ1) is 9.73. The molecule has 2 rings (SSSR count). The second kappa shape index (κ2) is 5.94. The van der Waals surface area contributed by atoms with Crippen LogP contribution >= 0.6 is 27.5 Å². The highest BCUT2D eigenvalue weighted by Crippen LogP contribution is 2.37. The fourth-order valence-corrected chi connectivity index (χ4v) is 2.45. The Balaban J connectivity index is 2.56. The van der Waals surface area contributed by atoms with Gasteiger partial charge < -0.3 is 5.73 Å². The van der Waals surface area contributed by atoms with Crippen molar-refractivity contribution in [2.45, 2.75) is 12.2 Å². The van der Waals surface area contributed by atoms with Crippen molar-refractivity contribution in [3.63, 3.8) is 0 Å². The van der Waals surface area contributed by atoms with Crippen molar-refractivity contribution in [3.8, 4) is 0 Å². The third kappa shape index (κ3) is 3.22. The molecule has 0 fully saturated rings. The van der Waals surface area contributed by atoms with Crippen molar-refractivity contribution in [2.24, 2.45) is 5.73 Å². The molecule has 0 aliphatic rings. The Morgan fingerprint density at radius 1 is 1.05 bits per heavy atom. The maximum Gasteiger partial charge on any atom is 0.416 e. The van der Waals surface area contributed by atoms with Crippen LogP contribution in [0.1, 0.15) is 22.7 Å². The quantitative estimate of drug-likeness (QED) is 0.553. The molecule has 1 nitrogen and oxygen atoms in total. The Bertz CT molecular complexity index is 673. The zero-order valence-corrected chi connectivity index (χ0v) is 12.7. The van der Waals surface area contributed by atoms with E-state index in [1.807, 2.05) is 0 Å². The predicted molar refractivity (Wildman–Crippen MR) is 76.6 cm³/mol. The molecule has 0 radical (unpaired) electrons. The average Bonchev–Trinajstić information content (AvgIpc) is 2.43. The molecule has 0 bridgehead atoms. The van der Waals surface area contributed by atoms with Crippen LogP contribution in [0.4, 0.5) is 17.6 Å². The van der Waals surface area contributed by atoms with Crippen molar-refractivity contribution in [1.29, 1.82) is 0 Å². The van der Waals surface area contributed by atoms with Crippen LogP contribution in [0.3, 0.4) is 0 Å². The van der Waals surface area contributed by atoms with Crippen molar-refractivity contribution in [3.05, 3.63) is 68.4 Å². The number of hydrogen-bond acceptors (Lipinski definition) is 1. The van der Waals surface area contributed by atoms with Gasteiger partial charge in [-0.2, -0.15) is 13.2 Å². The summed E-state index contributed by atoms with van der Waals surface area (Å²) >= 11 is 8.78. The molecule has 2 aromatic rings. The fourth-order valence-electron chi connectivity index (χ4n) is 1.97. The zero-order chi connectivity index (χ0) is 15.8. The van der Waals surface area contributed by atoms with Gasteiger partial charge in [0.15, 0.2) is 0 Å². The lowest BCUT2D eigenvalue weighted by atomic mass is 9.94. The Morgan fingerprint density at radius 2 is 1.67 bits per heavy atom. The molecule has 2 aromatic carbocycles. The molecule has 1 unspecified atom stereocenters. The van der Waals surface area contributed by atoms with Gasteiger partial charge in [-0.15, -0.1) is 0 Å². The summed E-state index contributed by atoms with van der Waals surface area (Å²) < 4.78 is 53.4. The smallest absolute Gasteiger partial charge is 0.320 e. The van der Waals surface area contributed by atoms with Gasteiger partial charge in [0, 0.05) is 10.0 Å². The highest BCUT2D eigenvalue weighted by Gasteiger charge is 2.35. The molecule has 0 spiro atoms. The maximum atomic E-state index is 14.1. The van der Waals surface area contributed by atoms with E-state index >= 15 is 0 Å². The third-order valence-electron chi connectivity index (χ3n) is 3.00. The number of alkyl halides is 3. The van der Waals surface area contributed by atoms with Gasteiger partial charge in [0.05, 0.1) is 16.6 Å². The lowest BCUT2D eigenvalue weighted by molar-refractivity contribution is -0.138. The zero-order valence-electron chi connectivity index (χ0n) is 10.4. The maximum absolute atomic E-state index is 14.1. The number of nitrogens with two attached hydrogens (primary N) is 1. The lowest BCUT2D eigenvalue weighted by Crippen LogP contribution is -2.19. The van der Waals surface area contributed by atoms with Gasteiger partial charge in [-0.25, -0.2) is 4.39 Å². The summed E-state index contributed by atoms with van der Waals surface area (Å²) in [5, 5.41) is -0.215. The van der Waals surface area contributed by atoms with Crippen LogP contribution < -0.4 is 5.73 Å². The molecule has 0 aliphatic heterocycles. The molecular formula is C14H9BrClF4N. The van der Waals surface area contributed by atoms with Gasteiger partial charge in [-0.05, 0) is 33.6 Å². The first-order valence-corrected chi connectivity index (χ1v) is 6.95. The number of rotatable bonds is 2. The summed E-state index contributed by atoms with van der Waals surface area (Å²) in [5.74, 6) is -0.837. The molecule has 0 aliphatic carbocycles. The molecule has 112 valence electrons. The van der Waals surface area contributed by atoms with Crippen LogP contribution in [0.25, 0.3) is 0 Å². The summed E-state index contributed by atoms with van der Waals surface area (Å²) in [6.45, 7) is 0. The summed E-state index contributed by atoms with van der Waals surface area (Å²) in [7, 11) is 0. The molecule has 1 atom stereocenters. The van der Waals surface area contributed by atoms with Crippen molar-refractivity contribution < 1.29 is 17.6 Å². The van der Waals surface area contributed by atoms with Crippen molar-refractivity contribution >= 4 is 27.5 Å². The molecule has 7 heteroatoms. The number of benzene rings is 2. The summed E-state index contributed by atoms with van der Waals surface area (Å²) in [6, 6.07) is 6.29. The summed E-state index contributed by atoms with van der Waals surface area (Å²) in [4.78, 5) is 0. The van der Waals surface area contributed by atoms with E-state index in [4.69, 9.17) is 17.3 Å². The second-order valence-corrected chi connectivity index (χ2v) is 5.56. The van der Waals surface area contributed by atoms with Crippen LogP contribution in [0.15, 0.2) is 40.9 Å². The Labute approximate surface area is 131 Å². The molecule has 0 amide bonds. The minimum absolute atomic E-state index is 0.0973. The highest BCUT2D eigenvalue weighted by atomic mass is 79.9. The minimum Gasteiger partial charge on any atom is -0.320 e. The normalized spacial score (nSPS) is 13.3. The minimum atomic E-state index is -4.57. The van der Waals surface area contributed by atoms with E-state index in [-0.39, 0.29) is 16.1 Å². The van der Waals surface area contributed by atoms with Gasteiger partial charge >= 0.3 is 6.18 Å². The first kappa shape index (κ1) is 16.3. The van der Waals surface area contributed by atoms with Crippen molar-refractivity contribution in [2.75, 3.05) is 0 Å². The van der Waals surface area contributed by atoms with Crippen LogP contribution in [0.5, 0.6) is 0 Å². The first-order valence-electron chi connectivity index (χ1n) is 5.78. The molecule has 0 saturated heterocycles. The van der Waals surface area contributed by atoms with Gasteiger partial charge in [-0.1, -0.05) is 35.9 Å². The molecular weight excluding hydrogens is 374 g/mol. The lowest BCUT2D eigenvalue weighted by Gasteiger charge is -2.19. The predicted octanol–water partition coefficient (Wildman–Crippen LogP) is 5.31. The van der Waals surface area contributed by atoms with E-state index in [1.165, 1.54) is 30.3 Å². The summed E-state index contributed by atoms with van der Waals surface area (Å²) in [5.41, 5.74) is 4.62. The largest absolute Gasteiger partial charge is 0.416 e. The van der Waals surface area contributed by atoms with E-state index in [2.05, 4.69) is 15.9 Å². The number of hydrogen-bond donors (Lipinski definition) is 1. The van der Waals surface area contributed by atoms with Gasteiger partial charge in [-0.3, -0.25) is 0 Å². The van der Waals surface area contributed by atoms with Gasteiger partial charge in [0.1, 0.15) is 5.82 Å². The highest BCUT2D eigenvalue weighted by molar-refractivity contribution is 9.10. The number of halogens is 6. The Morgan fingerprint density at radius 3 is 2.29 bits per heavy atom. The molecule has 0 heterocycles.